The monoisotopic (exact) mass is 326 g/mol. The van der Waals surface area contributed by atoms with E-state index in [-0.39, 0.29) is 0 Å². The number of aromatic nitrogens is 2. The average molecular weight is 326 g/mol. The van der Waals surface area contributed by atoms with E-state index in [1.165, 1.54) is 0 Å². The number of hydrogen-bond acceptors (Lipinski definition) is 6. The van der Waals surface area contributed by atoms with Crippen molar-refractivity contribution in [1.29, 1.82) is 0 Å². The highest BCUT2D eigenvalue weighted by Gasteiger charge is 2.11. The highest BCUT2D eigenvalue weighted by molar-refractivity contribution is 5.61. The van der Waals surface area contributed by atoms with Gasteiger partial charge in [-0.25, -0.2) is 0 Å². The summed E-state index contributed by atoms with van der Waals surface area (Å²) in [6.07, 6.45) is 0. The van der Waals surface area contributed by atoms with Gasteiger partial charge in [0, 0.05) is 18.2 Å². The summed E-state index contributed by atoms with van der Waals surface area (Å²) in [6.45, 7) is 1.06. The molecule has 124 valence electrons. The van der Waals surface area contributed by atoms with Crippen molar-refractivity contribution in [3.63, 3.8) is 0 Å². The third-order valence-electron chi connectivity index (χ3n) is 3.41. The smallest absolute Gasteiger partial charge is 0.258 e. The summed E-state index contributed by atoms with van der Waals surface area (Å²) in [5.41, 5.74) is 1.67. The third-order valence-corrected chi connectivity index (χ3v) is 3.41. The lowest BCUT2D eigenvalue weighted by Gasteiger charge is -2.05. The summed E-state index contributed by atoms with van der Waals surface area (Å²) in [6, 6.07) is 15.0. The SMILES string of the molecule is COCCOc1ccc(-c2noc(-c3cccc(OC)c3)n2)cc1. The van der Waals surface area contributed by atoms with E-state index in [1.807, 2.05) is 48.5 Å². The Balaban J connectivity index is 1.75. The first-order valence-corrected chi connectivity index (χ1v) is 7.50. The van der Waals surface area contributed by atoms with Gasteiger partial charge in [0.25, 0.3) is 5.89 Å². The van der Waals surface area contributed by atoms with Gasteiger partial charge in [-0.1, -0.05) is 11.2 Å². The molecule has 0 radical (unpaired) electrons. The van der Waals surface area contributed by atoms with Crippen molar-refractivity contribution < 1.29 is 18.7 Å². The lowest BCUT2D eigenvalue weighted by molar-refractivity contribution is 0.146. The van der Waals surface area contributed by atoms with Crippen LogP contribution in [0.25, 0.3) is 22.8 Å². The van der Waals surface area contributed by atoms with Crippen LogP contribution in [0.3, 0.4) is 0 Å². The van der Waals surface area contributed by atoms with Gasteiger partial charge in [-0.15, -0.1) is 0 Å². The van der Waals surface area contributed by atoms with Crippen molar-refractivity contribution in [3.05, 3.63) is 48.5 Å². The van der Waals surface area contributed by atoms with E-state index in [4.69, 9.17) is 18.7 Å². The van der Waals surface area contributed by atoms with Crippen LogP contribution >= 0.6 is 0 Å². The molecular weight excluding hydrogens is 308 g/mol. The molecule has 2 aromatic carbocycles. The largest absolute Gasteiger partial charge is 0.497 e. The minimum absolute atomic E-state index is 0.448. The number of ether oxygens (including phenoxy) is 3. The molecule has 0 bridgehead atoms. The number of nitrogens with zero attached hydrogens (tertiary/aromatic N) is 2. The fourth-order valence-corrected chi connectivity index (χ4v) is 2.16. The van der Waals surface area contributed by atoms with Crippen LogP contribution in [0.4, 0.5) is 0 Å². The summed E-state index contributed by atoms with van der Waals surface area (Å²) < 4.78 is 21.0. The number of benzene rings is 2. The van der Waals surface area contributed by atoms with Crippen LogP contribution < -0.4 is 9.47 Å². The maximum absolute atomic E-state index is 5.53. The van der Waals surface area contributed by atoms with E-state index in [9.17, 15) is 0 Å². The Morgan fingerprint density at radius 3 is 2.50 bits per heavy atom. The Bertz CT molecular complexity index is 784. The summed E-state index contributed by atoms with van der Waals surface area (Å²) in [4.78, 5) is 4.44. The highest BCUT2D eigenvalue weighted by atomic mass is 16.5. The molecule has 0 aliphatic carbocycles. The summed E-state index contributed by atoms with van der Waals surface area (Å²) in [7, 11) is 3.26. The van der Waals surface area contributed by atoms with E-state index >= 15 is 0 Å². The second-order valence-electron chi connectivity index (χ2n) is 5.02. The van der Waals surface area contributed by atoms with Gasteiger partial charge in [-0.05, 0) is 42.5 Å². The molecule has 0 spiro atoms. The number of methoxy groups -OCH3 is 2. The maximum atomic E-state index is 5.53. The zero-order valence-electron chi connectivity index (χ0n) is 13.6. The molecule has 6 heteroatoms. The predicted octanol–water partition coefficient (Wildman–Crippen LogP) is 3.44. The summed E-state index contributed by atoms with van der Waals surface area (Å²) in [5.74, 6) is 2.48. The van der Waals surface area contributed by atoms with E-state index < -0.39 is 0 Å². The van der Waals surface area contributed by atoms with Crippen LogP contribution in [0.15, 0.2) is 53.1 Å². The fraction of sp³-hybridized carbons (Fsp3) is 0.222. The van der Waals surface area contributed by atoms with Crippen molar-refractivity contribution in [1.82, 2.24) is 10.1 Å². The quantitative estimate of drug-likeness (QED) is 0.620. The first-order valence-electron chi connectivity index (χ1n) is 7.50. The molecular formula is C18H18N2O4. The van der Waals surface area contributed by atoms with E-state index in [0.717, 1.165) is 22.6 Å². The average Bonchev–Trinajstić information content (AvgIpc) is 3.13. The fourth-order valence-electron chi connectivity index (χ4n) is 2.16. The van der Waals surface area contributed by atoms with Crippen molar-refractivity contribution >= 4 is 0 Å². The molecule has 1 heterocycles. The molecule has 1 aromatic heterocycles. The number of rotatable bonds is 7. The van der Waals surface area contributed by atoms with Crippen LogP contribution in [-0.4, -0.2) is 37.6 Å². The molecule has 0 aliphatic heterocycles. The highest BCUT2D eigenvalue weighted by Crippen LogP contribution is 2.26. The number of hydrogen-bond donors (Lipinski definition) is 0. The predicted molar refractivity (Wildman–Crippen MR) is 89.1 cm³/mol. The Morgan fingerprint density at radius 2 is 1.75 bits per heavy atom. The molecule has 0 amide bonds. The molecule has 0 atom stereocenters. The van der Waals surface area contributed by atoms with E-state index in [2.05, 4.69) is 10.1 Å². The topological polar surface area (TPSA) is 66.6 Å². The maximum Gasteiger partial charge on any atom is 0.258 e. The summed E-state index contributed by atoms with van der Waals surface area (Å²) in [5, 5.41) is 4.04. The second-order valence-corrected chi connectivity index (χ2v) is 5.02. The molecule has 24 heavy (non-hydrogen) atoms. The Kier molecular flexibility index (Phi) is 5.08. The first kappa shape index (κ1) is 16.0. The van der Waals surface area contributed by atoms with Crippen LogP contribution in [0.2, 0.25) is 0 Å². The van der Waals surface area contributed by atoms with Crippen LogP contribution in [0.5, 0.6) is 11.5 Å². The Labute approximate surface area is 140 Å². The zero-order valence-corrected chi connectivity index (χ0v) is 13.6. The van der Waals surface area contributed by atoms with Crippen LogP contribution in [-0.2, 0) is 4.74 Å². The minimum Gasteiger partial charge on any atom is -0.497 e. The van der Waals surface area contributed by atoms with Gasteiger partial charge < -0.3 is 18.7 Å². The normalized spacial score (nSPS) is 10.6. The van der Waals surface area contributed by atoms with Crippen molar-refractivity contribution in [3.8, 4) is 34.3 Å². The molecule has 0 unspecified atom stereocenters. The van der Waals surface area contributed by atoms with Crippen molar-refractivity contribution in [2.45, 2.75) is 0 Å². The van der Waals surface area contributed by atoms with Crippen LogP contribution in [0, 0.1) is 0 Å². The molecule has 3 aromatic rings. The first-order chi connectivity index (χ1) is 11.8. The Morgan fingerprint density at radius 1 is 0.917 bits per heavy atom. The van der Waals surface area contributed by atoms with Gasteiger partial charge in [0.15, 0.2) is 0 Å². The molecule has 6 nitrogen and oxygen atoms in total. The van der Waals surface area contributed by atoms with E-state index in [0.29, 0.717) is 24.9 Å². The Hall–Kier alpha value is -2.86. The standard InChI is InChI=1S/C18H18N2O4/c1-21-10-11-23-15-8-6-13(7-9-15)17-19-18(24-20-17)14-4-3-5-16(12-14)22-2/h3-9,12H,10-11H2,1-2H3. The van der Waals surface area contributed by atoms with Gasteiger partial charge in [-0.3, -0.25) is 0 Å². The van der Waals surface area contributed by atoms with Gasteiger partial charge in [0.2, 0.25) is 5.82 Å². The lowest BCUT2D eigenvalue weighted by Crippen LogP contribution is -2.03. The van der Waals surface area contributed by atoms with Crippen LogP contribution in [0.1, 0.15) is 0 Å². The van der Waals surface area contributed by atoms with Gasteiger partial charge in [0.05, 0.1) is 13.7 Å². The van der Waals surface area contributed by atoms with E-state index in [1.54, 1.807) is 14.2 Å². The lowest BCUT2D eigenvalue weighted by atomic mass is 10.2. The van der Waals surface area contributed by atoms with Gasteiger partial charge in [-0.2, -0.15) is 4.98 Å². The van der Waals surface area contributed by atoms with Gasteiger partial charge >= 0.3 is 0 Å². The minimum atomic E-state index is 0.448. The molecule has 0 aliphatic rings. The summed E-state index contributed by atoms with van der Waals surface area (Å²) >= 11 is 0. The third kappa shape index (κ3) is 3.72. The molecule has 0 fully saturated rings. The van der Waals surface area contributed by atoms with Crippen molar-refractivity contribution in [2.24, 2.45) is 0 Å². The second kappa shape index (κ2) is 7.61. The van der Waals surface area contributed by atoms with Gasteiger partial charge in [0.1, 0.15) is 18.1 Å². The van der Waals surface area contributed by atoms with Crippen molar-refractivity contribution in [2.75, 3.05) is 27.4 Å². The molecule has 3 rings (SSSR count). The molecule has 0 saturated carbocycles. The molecule has 0 N–H and O–H groups in total. The zero-order chi connectivity index (χ0) is 16.8. The molecule has 0 saturated heterocycles.